The number of hydrogen-bond donors (Lipinski definition) is 1. The van der Waals surface area contributed by atoms with E-state index in [1.165, 1.54) is 19.3 Å². The van der Waals surface area contributed by atoms with E-state index in [0.717, 1.165) is 18.8 Å². The number of aromatic carboxylic acids is 1. The maximum atomic E-state index is 11.1. The highest BCUT2D eigenvalue weighted by molar-refractivity contribution is 6.33. The Balaban J connectivity index is 2.11. The minimum atomic E-state index is -1.08. The van der Waals surface area contributed by atoms with E-state index >= 15 is 0 Å². The lowest BCUT2D eigenvalue weighted by Gasteiger charge is -2.35. The molecule has 2 rings (SSSR count). The molecule has 0 aromatic carbocycles. The summed E-state index contributed by atoms with van der Waals surface area (Å²) in [5, 5.41) is 9.27. The van der Waals surface area contributed by atoms with Crippen LogP contribution in [0.3, 0.4) is 0 Å². The summed E-state index contributed by atoms with van der Waals surface area (Å²) in [6, 6.07) is 3.84. The molecule has 1 aromatic rings. The highest BCUT2D eigenvalue weighted by Crippen LogP contribution is 2.31. The summed E-state index contributed by atoms with van der Waals surface area (Å²) < 4.78 is 0. The fraction of sp³-hybridized carbons (Fsp3) is 0.600. The Bertz CT molecular complexity index is 485. The Morgan fingerprint density at radius 1 is 1.40 bits per heavy atom. The van der Waals surface area contributed by atoms with Gasteiger partial charge in [-0.15, -0.1) is 0 Å². The van der Waals surface area contributed by atoms with Crippen LogP contribution in [0.15, 0.2) is 12.1 Å². The van der Waals surface area contributed by atoms with Crippen LogP contribution in [-0.2, 0) is 0 Å². The first-order valence-corrected chi connectivity index (χ1v) is 7.53. The van der Waals surface area contributed by atoms with Gasteiger partial charge in [-0.2, -0.15) is 0 Å². The molecule has 1 saturated carbocycles. The van der Waals surface area contributed by atoms with E-state index in [1.54, 1.807) is 12.1 Å². The fourth-order valence-corrected chi connectivity index (χ4v) is 3.09. The van der Waals surface area contributed by atoms with Crippen molar-refractivity contribution >= 4 is 23.4 Å². The third kappa shape index (κ3) is 3.23. The van der Waals surface area contributed by atoms with Gasteiger partial charge in [0.25, 0.3) is 0 Å². The Labute approximate surface area is 124 Å². The van der Waals surface area contributed by atoms with Crippen LogP contribution in [-0.4, -0.2) is 29.1 Å². The van der Waals surface area contributed by atoms with Gasteiger partial charge in [-0.05, 0) is 43.7 Å². The lowest BCUT2D eigenvalue weighted by molar-refractivity contribution is 0.0691. The summed E-state index contributed by atoms with van der Waals surface area (Å²) in [5.74, 6) is 0.444. The minimum absolute atomic E-state index is 0.0711. The van der Waals surface area contributed by atoms with Crippen molar-refractivity contribution in [1.82, 2.24) is 4.98 Å². The molecule has 0 spiro atoms. The fourth-order valence-electron chi connectivity index (χ4n) is 2.91. The van der Waals surface area contributed by atoms with Crippen molar-refractivity contribution in [2.24, 2.45) is 5.92 Å². The molecule has 0 atom stereocenters. The predicted molar refractivity (Wildman–Crippen MR) is 80.6 cm³/mol. The molecule has 0 unspecified atom stereocenters. The van der Waals surface area contributed by atoms with Crippen LogP contribution in [0.2, 0.25) is 5.02 Å². The Hall–Kier alpha value is -1.29. The zero-order valence-electron chi connectivity index (χ0n) is 12.0. The van der Waals surface area contributed by atoms with Gasteiger partial charge in [0.2, 0.25) is 0 Å². The molecule has 20 heavy (non-hydrogen) atoms. The SMILES string of the molecule is CCC1CCC(N(C)c2ccc(Cl)c(C(=O)O)n2)CC1. The molecule has 1 N–H and O–H groups in total. The maximum absolute atomic E-state index is 11.1. The topological polar surface area (TPSA) is 53.4 Å². The predicted octanol–water partition coefficient (Wildman–Crippen LogP) is 3.84. The third-order valence-corrected chi connectivity index (χ3v) is 4.64. The van der Waals surface area contributed by atoms with Crippen molar-refractivity contribution < 1.29 is 9.90 Å². The van der Waals surface area contributed by atoms with Gasteiger partial charge >= 0.3 is 5.97 Å². The number of anilines is 1. The largest absolute Gasteiger partial charge is 0.476 e. The average Bonchev–Trinajstić information content (AvgIpc) is 2.47. The van der Waals surface area contributed by atoms with Gasteiger partial charge in [-0.1, -0.05) is 24.9 Å². The number of rotatable bonds is 4. The van der Waals surface area contributed by atoms with Crippen molar-refractivity contribution in [1.29, 1.82) is 0 Å². The summed E-state index contributed by atoms with van der Waals surface area (Å²) in [6.45, 7) is 2.24. The number of aromatic nitrogens is 1. The molecule has 1 fully saturated rings. The first-order valence-electron chi connectivity index (χ1n) is 7.15. The van der Waals surface area contributed by atoms with Crippen molar-refractivity contribution in [3.63, 3.8) is 0 Å². The van der Waals surface area contributed by atoms with Gasteiger partial charge in [0.1, 0.15) is 5.82 Å². The number of carboxylic acids is 1. The monoisotopic (exact) mass is 296 g/mol. The molecule has 1 aliphatic rings. The molecule has 4 nitrogen and oxygen atoms in total. The lowest BCUT2D eigenvalue weighted by Crippen LogP contribution is -2.35. The van der Waals surface area contributed by atoms with Crippen molar-refractivity contribution in [3.8, 4) is 0 Å². The van der Waals surface area contributed by atoms with Crippen molar-refractivity contribution in [2.45, 2.75) is 45.1 Å². The molecule has 0 radical (unpaired) electrons. The molecule has 0 saturated heterocycles. The number of carboxylic acid groups (broad SMARTS) is 1. The molecule has 1 aliphatic carbocycles. The highest BCUT2D eigenvalue weighted by atomic mass is 35.5. The van der Waals surface area contributed by atoms with Gasteiger partial charge < -0.3 is 10.0 Å². The van der Waals surface area contributed by atoms with E-state index in [4.69, 9.17) is 16.7 Å². The normalized spacial score (nSPS) is 22.6. The molecule has 0 amide bonds. The highest BCUT2D eigenvalue weighted by Gasteiger charge is 2.24. The number of hydrogen-bond acceptors (Lipinski definition) is 3. The maximum Gasteiger partial charge on any atom is 0.356 e. The van der Waals surface area contributed by atoms with E-state index in [-0.39, 0.29) is 10.7 Å². The second kappa shape index (κ2) is 6.44. The zero-order chi connectivity index (χ0) is 14.7. The van der Waals surface area contributed by atoms with Crippen LogP contribution in [0.25, 0.3) is 0 Å². The van der Waals surface area contributed by atoms with E-state index in [2.05, 4.69) is 16.8 Å². The standard InChI is InChI=1S/C15H21ClN2O2/c1-3-10-4-6-11(7-5-10)18(2)13-9-8-12(16)14(17-13)15(19)20/h8-11H,3-7H2,1-2H3,(H,19,20). The molecule has 0 bridgehead atoms. The van der Waals surface area contributed by atoms with Crippen LogP contribution in [0.1, 0.15) is 49.5 Å². The number of halogens is 1. The summed E-state index contributed by atoms with van der Waals surface area (Å²) in [5.41, 5.74) is -0.0711. The molecule has 0 aliphatic heterocycles. The Kier molecular flexibility index (Phi) is 4.86. The van der Waals surface area contributed by atoms with Gasteiger partial charge in [-0.3, -0.25) is 0 Å². The van der Waals surface area contributed by atoms with Gasteiger partial charge in [0.15, 0.2) is 5.69 Å². The quantitative estimate of drug-likeness (QED) is 0.917. The molecule has 1 aromatic heterocycles. The Morgan fingerprint density at radius 3 is 2.60 bits per heavy atom. The van der Waals surface area contributed by atoms with E-state index in [1.807, 2.05) is 7.05 Å². The minimum Gasteiger partial charge on any atom is -0.476 e. The van der Waals surface area contributed by atoms with E-state index in [9.17, 15) is 4.79 Å². The van der Waals surface area contributed by atoms with Gasteiger partial charge in [0.05, 0.1) is 5.02 Å². The van der Waals surface area contributed by atoms with Crippen LogP contribution in [0, 0.1) is 5.92 Å². The van der Waals surface area contributed by atoms with Crippen LogP contribution in [0.5, 0.6) is 0 Å². The van der Waals surface area contributed by atoms with Crippen LogP contribution >= 0.6 is 11.6 Å². The molecule has 110 valence electrons. The van der Waals surface area contributed by atoms with Crippen LogP contribution < -0.4 is 4.90 Å². The van der Waals surface area contributed by atoms with Gasteiger partial charge in [0, 0.05) is 13.1 Å². The van der Waals surface area contributed by atoms with Crippen molar-refractivity contribution in [3.05, 3.63) is 22.8 Å². The number of pyridine rings is 1. The number of nitrogens with zero attached hydrogens (tertiary/aromatic N) is 2. The molecular weight excluding hydrogens is 276 g/mol. The lowest BCUT2D eigenvalue weighted by atomic mass is 9.84. The molecular formula is C15H21ClN2O2. The van der Waals surface area contributed by atoms with Crippen molar-refractivity contribution in [2.75, 3.05) is 11.9 Å². The second-order valence-electron chi connectivity index (χ2n) is 5.50. The average molecular weight is 297 g/mol. The Morgan fingerprint density at radius 2 is 2.05 bits per heavy atom. The number of carbonyl (C=O) groups is 1. The van der Waals surface area contributed by atoms with Gasteiger partial charge in [-0.25, -0.2) is 9.78 Å². The smallest absolute Gasteiger partial charge is 0.356 e. The first-order chi connectivity index (χ1) is 9.52. The summed E-state index contributed by atoms with van der Waals surface area (Å²) >= 11 is 5.86. The second-order valence-corrected chi connectivity index (χ2v) is 5.91. The van der Waals surface area contributed by atoms with Crippen LogP contribution in [0.4, 0.5) is 5.82 Å². The summed E-state index contributed by atoms with van der Waals surface area (Å²) in [7, 11) is 1.98. The summed E-state index contributed by atoms with van der Waals surface area (Å²) in [6.07, 6.45) is 6.01. The molecule has 5 heteroatoms. The zero-order valence-corrected chi connectivity index (χ0v) is 12.7. The first kappa shape index (κ1) is 15.1. The van der Waals surface area contributed by atoms with E-state index in [0.29, 0.717) is 11.9 Å². The third-order valence-electron chi connectivity index (χ3n) is 4.34. The summed E-state index contributed by atoms with van der Waals surface area (Å²) in [4.78, 5) is 17.4. The molecule has 1 heterocycles. The van der Waals surface area contributed by atoms with E-state index < -0.39 is 5.97 Å².